The molecule has 0 unspecified atom stereocenters. The van der Waals surface area contributed by atoms with Crippen LogP contribution in [0.2, 0.25) is 0 Å². The first-order valence-electron chi connectivity index (χ1n) is 6.36. The molecule has 106 valence electrons. The molecule has 4 heteroatoms. The zero-order valence-corrected chi connectivity index (χ0v) is 11.6. The number of aromatic hydroxyl groups is 2. The van der Waals surface area contributed by atoms with Gasteiger partial charge in [-0.25, -0.2) is 0 Å². The van der Waals surface area contributed by atoms with Gasteiger partial charge in [0, 0.05) is 0 Å². The second kappa shape index (κ2) is 6.19. The number of hydrogen-bond donors (Lipinski definition) is 2. The lowest BCUT2D eigenvalue weighted by molar-refractivity contribution is 0.372. The maximum absolute atomic E-state index is 9.55. The standard InChI is InChI=1S/C16H18O4/c1-19-15-9-11(5-7-13(15)17)3-4-12-6-8-14(18)16(10-12)20-2/h5-10,17-18H,3-4H2,1-2H3. The van der Waals surface area contributed by atoms with Gasteiger partial charge in [0.15, 0.2) is 23.0 Å². The normalized spacial score (nSPS) is 10.3. The first kappa shape index (κ1) is 14.1. The molecule has 0 aromatic heterocycles. The van der Waals surface area contributed by atoms with Crippen molar-refractivity contribution in [2.45, 2.75) is 12.8 Å². The second-order valence-corrected chi connectivity index (χ2v) is 4.51. The van der Waals surface area contributed by atoms with E-state index < -0.39 is 0 Å². The number of ether oxygens (including phenoxy) is 2. The van der Waals surface area contributed by atoms with Gasteiger partial charge in [0.25, 0.3) is 0 Å². The molecule has 0 heterocycles. The molecule has 2 N–H and O–H groups in total. The molecule has 20 heavy (non-hydrogen) atoms. The van der Waals surface area contributed by atoms with Gasteiger partial charge in [-0.3, -0.25) is 0 Å². The summed E-state index contributed by atoms with van der Waals surface area (Å²) in [5.74, 6) is 1.24. The molecule has 0 saturated carbocycles. The Morgan fingerprint density at radius 3 is 1.50 bits per heavy atom. The summed E-state index contributed by atoms with van der Waals surface area (Å²) in [5, 5.41) is 19.1. The zero-order valence-electron chi connectivity index (χ0n) is 11.6. The molecule has 2 aromatic carbocycles. The Morgan fingerprint density at radius 2 is 1.15 bits per heavy atom. The molecule has 2 aromatic rings. The van der Waals surface area contributed by atoms with Crippen molar-refractivity contribution in [3.63, 3.8) is 0 Å². The van der Waals surface area contributed by atoms with Gasteiger partial charge in [0.1, 0.15) is 0 Å². The van der Waals surface area contributed by atoms with Crippen LogP contribution in [0, 0.1) is 0 Å². The van der Waals surface area contributed by atoms with E-state index in [2.05, 4.69) is 0 Å². The summed E-state index contributed by atoms with van der Waals surface area (Å²) in [6.45, 7) is 0. The summed E-state index contributed by atoms with van der Waals surface area (Å²) in [5.41, 5.74) is 2.15. The zero-order chi connectivity index (χ0) is 14.5. The average Bonchev–Trinajstić information content (AvgIpc) is 2.47. The average molecular weight is 274 g/mol. The summed E-state index contributed by atoms with van der Waals surface area (Å²) >= 11 is 0. The molecular weight excluding hydrogens is 256 g/mol. The molecule has 0 fully saturated rings. The lowest BCUT2D eigenvalue weighted by Gasteiger charge is -2.08. The Bertz CT molecular complexity index is 540. The van der Waals surface area contributed by atoms with Crippen LogP contribution in [0.25, 0.3) is 0 Å². The number of phenols is 2. The van der Waals surface area contributed by atoms with Crippen LogP contribution in [0.1, 0.15) is 11.1 Å². The van der Waals surface area contributed by atoms with Crippen LogP contribution < -0.4 is 9.47 Å². The molecule has 0 aliphatic heterocycles. The highest BCUT2D eigenvalue weighted by Gasteiger charge is 2.05. The first-order valence-corrected chi connectivity index (χ1v) is 6.36. The molecule has 0 amide bonds. The van der Waals surface area contributed by atoms with Crippen LogP contribution in [0.4, 0.5) is 0 Å². The number of aryl methyl sites for hydroxylation is 2. The van der Waals surface area contributed by atoms with Crippen molar-refractivity contribution >= 4 is 0 Å². The molecule has 0 atom stereocenters. The van der Waals surface area contributed by atoms with Crippen LogP contribution in [0.15, 0.2) is 36.4 Å². The van der Waals surface area contributed by atoms with Gasteiger partial charge < -0.3 is 19.7 Å². The van der Waals surface area contributed by atoms with Crippen molar-refractivity contribution in [3.05, 3.63) is 47.5 Å². The third-order valence-electron chi connectivity index (χ3n) is 3.19. The van der Waals surface area contributed by atoms with Crippen LogP contribution in [0.3, 0.4) is 0 Å². The van der Waals surface area contributed by atoms with Gasteiger partial charge in [-0.05, 0) is 48.2 Å². The maximum atomic E-state index is 9.55. The fourth-order valence-electron chi connectivity index (χ4n) is 2.04. The molecule has 0 spiro atoms. The highest BCUT2D eigenvalue weighted by atomic mass is 16.5. The predicted molar refractivity (Wildman–Crippen MR) is 76.7 cm³/mol. The monoisotopic (exact) mass is 274 g/mol. The van der Waals surface area contributed by atoms with Crippen LogP contribution in [0.5, 0.6) is 23.0 Å². The van der Waals surface area contributed by atoms with Gasteiger partial charge in [-0.2, -0.15) is 0 Å². The number of hydrogen-bond acceptors (Lipinski definition) is 4. The minimum absolute atomic E-state index is 0.141. The van der Waals surface area contributed by atoms with Crippen molar-refractivity contribution in [1.82, 2.24) is 0 Å². The Morgan fingerprint density at radius 1 is 0.750 bits per heavy atom. The minimum Gasteiger partial charge on any atom is -0.504 e. The van der Waals surface area contributed by atoms with Crippen molar-refractivity contribution < 1.29 is 19.7 Å². The van der Waals surface area contributed by atoms with E-state index in [9.17, 15) is 10.2 Å². The Balaban J connectivity index is 2.08. The molecular formula is C16H18O4. The van der Waals surface area contributed by atoms with Crippen molar-refractivity contribution in [2.24, 2.45) is 0 Å². The third kappa shape index (κ3) is 3.15. The smallest absolute Gasteiger partial charge is 0.160 e. The number of benzene rings is 2. The largest absolute Gasteiger partial charge is 0.504 e. The summed E-state index contributed by atoms with van der Waals surface area (Å²) in [6.07, 6.45) is 1.62. The van der Waals surface area contributed by atoms with Crippen LogP contribution in [-0.4, -0.2) is 24.4 Å². The maximum Gasteiger partial charge on any atom is 0.160 e. The Hall–Kier alpha value is -2.36. The van der Waals surface area contributed by atoms with Gasteiger partial charge in [0.2, 0.25) is 0 Å². The van der Waals surface area contributed by atoms with E-state index in [-0.39, 0.29) is 11.5 Å². The van der Waals surface area contributed by atoms with E-state index >= 15 is 0 Å². The predicted octanol–water partition coefficient (Wildman–Crippen LogP) is 2.90. The first-order chi connectivity index (χ1) is 9.63. The topological polar surface area (TPSA) is 58.9 Å². The van der Waals surface area contributed by atoms with E-state index in [1.807, 2.05) is 24.3 Å². The molecule has 0 bridgehead atoms. The molecule has 2 rings (SSSR count). The number of methoxy groups -OCH3 is 2. The van der Waals surface area contributed by atoms with Gasteiger partial charge in [0.05, 0.1) is 14.2 Å². The van der Waals surface area contributed by atoms with E-state index in [1.54, 1.807) is 12.1 Å². The lowest BCUT2D eigenvalue weighted by Crippen LogP contribution is -1.94. The number of phenolic OH excluding ortho intramolecular Hbond substituents is 2. The van der Waals surface area contributed by atoms with E-state index in [0.717, 1.165) is 24.0 Å². The third-order valence-corrected chi connectivity index (χ3v) is 3.19. The molecule has 0 aliphatic carbocycles. The fraction of sp³-hybridized carbons (Fsp3) is 0.250. The van der Waals surface area contributed by atoms with Gasteiger partial charge >= 0.3 is 0 Å². The van der Waals surface area contributed by atoms with Gasteiger partial charge in [-0.15, -0.1) is 0 Å². The van der Waals surface area contributed by atoms with Crippen molar-refractivity contribution in [1.29, 1.82) is 0 Å². The fourth-order valence-corrected chi connectivity index (χ4v) is 2.04. The van der Waals surface area contributed by atoms with Crippen LogP contribution in [-0.2, 0) is 12.8 Å². The summed E-state index contributed by atoms with van der Waals surface area (Å²) in [7, 11) is 3.06. The Kier molecular flexibility index (Phi) is 4.35. The summed E-state index contributed by atoms with van der Waals surface area (Å²) < 4.78 is 10.2. The van der Waals surface area contributed by atoms with Crippen molar-refractivity contribution in [2.75, 3.05) is 14.2 Å². The van der Waals surface area contributed by atoms with E-state index in [1.165, 1.54) is 14.2 Å². The molecule has 0 saturated heterocycles. The summed E-state index contributed by atoms with van der Waals surface area (Å²) in [6, 6.07) is 10.7. The van der Waals surface area contributed by atoms with E-state index in [4.69, 9.17) is 9.47 Å². The van der Waals surface area contributed by atoms with E-state index in [0.29, 0.717) is 11.5 Å². The summed E-state index contributed by atoms with van der Waals surface area (Å²) in [4.78, 5) is 0. The van der Waals surface area contributed by atoms with Gasteiger partial charge in [-0.1, -0.05) is 12.1 Å². The quantitative estimate of drug-likeness (QED) is 0.880. The SMILES string of the molecule is COc1cc(CCc2ccc(O)c(OC)c2)ccc1O. The second-order valence-electron chi connectivity index (χ2n) is 4.51. The molecule has 0 aliphatic rings. The van der Waals surface area contributed by atoms with Crippen molar-refractivity contribution in [3.8, 4) is 23.0 Å². The van der Waals surface area contributed by atoms with Crippen LogP contribution >= 0.6 is 0 Å². The number of rotatable bonds is 5. The highest BCUT2D eigenvalue weighted by Crippen LogP contribution is 2.28. The Labute approximate surface area is 118 Å². The molecule has 0 radical (unpaired) electrons. The lowest BCUT2D eigenvalue weighted by atomic mass is 10.0. The highest BCUT2D eigenvalue weighted by molar-refractivity contribution is 5.43. The minimum atomic E-state index is 0.141. The molecule has 4 nitrogen and oxygen atoms in total.